The summed E-state index contributed by atoms with van der Waals surface area (Å²) >= 11 is 0. The summed E-state index contributed by atoms with van der Waals surface area (Å²) in [5.41, 5.74) is 0. The van der Waals surface area contributed by atoms with E-state index in [1.54, 1.807) is 18.6 Å². The second kappa shape index (κ2) is 14.5. The minimum absolute atomic E-state index is 0.330. The van der Waals surface area contributed by atoms with Gasteiger partial charge in [0.2, 0.25) is 0 Å². The molecule has 13 nitrogen and oxygen atoms in total. The predicted octanol–water partition coefficient (Wildman–Crippen LogP) is 0.224. The lowest BCUT2D eigenvalue weighted by molar-refractivity contribution is -0.159. The van der Waals surface area contributed by atoms with Crippen LogP contribution in [0.25, 0.3) is 0 Å². The lowest BCUT2D eigenvalue weighted by Gasteiger charge is -2.35. The molecular formula is C22H32N6O7. The highest BCUT2D eigenvalue weighted by molar-refractivity contribution is 6.27. The summed E-state index contributed by atoms with van der Waals surface area (Å²) in [7, 11) is 4.00. The molecule has 13 heteroatoms. The highest BCUT2D eigenvalue weighted by Crippen LogP contribution is 2.26. The first-order valence-electron chi connectivity index (χ1n) is 11.0. The number of ether oxygens (including phenoxy) is 3. The Kier molecular flexibility index (Phi) is 11.4. The molecule has 35 heavy (non-hydrogen) atoms. The van der Waals surface area contributed by atoms with Crippen LogP contribution in [0.2, 0.25) is 0 Å². The van der Waals surface area contributed by atoms with E-state index in [-0.39, 0.29) is 0 Å². The van der Waals surface area contributed by atoms with Crippen molar-refractivity contribution >= 4 is 17.8 Å². The molecule has 1 fully saturated rings. The number of pyridine rings is 1. The number of carboxylic acid groups (broad SMARTS) is 2. The molecule has 2 aromatic rings. The number of nitrogens with zero attached hydrogens (tertiary/aromatic N) is 5. The Hall–Kier alpha value is -3.71. The maximum absolute atomic E-state index is 9.10. The van der Waals surface area contributed by atoms with E-state index in [9.17, 15) is 0 Å². The molecule has 2 aromatic heterocycles. The minimum atomic E-state index is -1.82. The van der Waals surface area contributed by atoms with Gasteiger partial charge in [-0.1, -0.05) is 0 Å². The summed E-state index contributed by atoms with van der Waals surface area (Å²) in [5, 5.41) is 18.2. The van der Waals surface area contributed by atoms with Gasteiger partial charge in [0.15, 0.2) is 11.6 Å². The third kappa shape index (κ3) is 9.59. The predicted molar refractivity (Wildman–Crippen MR) is 126 cm³/mol. The van der Waals surface area contributed by atoms with Crippen molar-refractivity contribution in [2.24, 2.45) is 0 Å². The average molecular weight is 493 g/mol. The number of carboxylic acids is 2. The van der Waals surface area contributed by atoms with Gasteiger partial charge in [0.1, 0.15) is 19.8 Å². The quantitative estimate of drug-likeness (QED) is 0.306. The minimum Gasteiger partial charge on any atom is -0.484 e. The lowest BCUT2D eigenvalue weighted by atomic mass is 10.2. The fraction of sp³-hybridized carbons (Fsp3) is 0.500. The first kappa shape index (κ1) is 27.5. The smallest absolute Gasteiger partial charge is 0.414 e. The van der Waals surface area contributed by atoms with Gasteiger partial charge in [-0.2, -0.15) is 0 Å². The van der Waals surface area contributed by atoms with Crippen LogP contribution in [-0.4, -0.2) is 108 Å². The molecule has 1 saturated heterocycles. The Labute approximate surface area is 203 Å². The SMILES string of the molecule is C[C@@H]1CNCCN1c1nccnc1OCCOc1cccnc1OCCN(C)C.O=C(O)C(=O)O. The number of hydrogen-bond acceptors (Lipinski definition) is 11. The maximum Gasteiger partial charge on any atom is 0.414 e. The molecule has 1 atom stereocenters. The molecule has 192 valence electrons. The van der Waals surface area contributed by atoms with Crippen LogP contribution in [0.4, 0.5) is 5.82 Å². The Balaban J connectivity index is 0.000000641. The zero-order valence-electron chi connectivity index (χ0n) is 20.1. The molecule has 3 rings (SSSR count). The van der Waals surface area contributed by atoms with Crippen LogP contribution in [0.1, 0.15) is 6.92 Å². The number of aromatic nitrogens is 3. The van der Waals surface area contributed by atoms with Crippen molar-refractivity contribution in [1.29, 1.82) is 0 Å². The van der Waals surface area contributed by atoms with Crippen molar-refractivity contribution in [2.45, 2.75) is 13.0 Å². The van der Waals surface area contributed by atoms with E-state index in [4.69, 9.17) is 34.0 Å². The van der Waals surface area contributed by atoms with Crippen LogP contribution in [0.3, 0.4) is 0 Å². The number of hydrogen-bond donors (Lipinski definition) is 3. The van der Waals surface area contributed by atoms with Crippen LogP contribution < -0.4 is 24.4 Å². The molecule has 3 N–H and O–H groups in total. The topological polar surface area (TPSA) is 159 Å². The summed E-state index contributed by atoms with van der Waals surface area (Å²) < 4.78 is 17.4. The maximum atomic E-state index is 9.10. The number of piperazine rings is 1. The van der Waals surface area contributed by atoms with E-state index in [0.29, 0.717) is 43.4 Å². The molecule has 1 aliphatic rings. The van der Waals surface area contributed by atoms with Crippen molar-refractivity contribution in [3.8, 4) is 17.5 Å². The molecule has 0 amide bonds. The monoisotopic (exact) mass is 492 g/mol. The number of aliphatic carboxylic acids is 2. The molecule has 0 unspecified atom stereocenters. The second-order valence-electron chi connectivity index (χ2n) is 7.70. The summed E-state index contributed by atoms with van der Waals surface area (Å²) in [6.07, 6.45) is 5.03. The fourth-order valence-corrected chi connectivity index (χ4v) is 2.98. The van der Waals surface area contributed by atoms with E-state index in [2.05, 4.69) is 37.0 Å². The van der Waals surface area contributed by atoms with E-state index in [0.717, 1.165) is 32.0 Å². The molecule has 3 heterocycles. The van der Waals surface area contributed by atoms with Gasteiger partial charge < -0.3 is 39.5 Å². The normalized spacial score (nSPS) is 15.1. The average Bonchev–Trinajstić information content (AvgIpc) is 2.83. The molecule has 1 aliphatic heterocycles. The molecule has 0 spiro atoms. The van der Waals surface area contributed by atoms with Crippen molar-refractivity contribution < 1.29 is 34.0 Å². The molecular weight excluding hydrogens is 460 g/mol. The standard InChI is InChI=1S/C20H30N6O3.C2H2O4/c1-16-15-21-9-10-26(16)18-20(24-8-7-22-18)29-14-13-27-17-5-4-6-23-19(17)28-12-11-25(2)3;3-1(4)2(5)6/h4-8,16,21H,9-15H2,1-3H3;(H,3,4)(H,5,6)/t16-;/m1./s1. The first-order valence-corrected chi connectivity index (χ1v) is 11.0. The third-order valence-electron chi connectivity index (χ3n) is 4.70. The molecule has 0 bridgehead atoms. The fourth-order valence-electron chi connectivity index (χ4n) is 2.98. The number of nitrogens with one attached hydrogen (secondary N) is 1. The van der Waals surface area contributed by atoms with Crippen molar-refractivity contribution in [1.82, 2.24) is 25.2 Å². The molecule has 0 saturated carbocycles. The van der Waals surface area contributed by atoms with Crippen molar-refractivity contribution in [3.05, 3.63) is 30.7 Å². The Morgan fingerprint density at radius 3 is 2.37 bits per heavy atom. The Bertz CT molecular complexity index is 934. The van der Waals surface area contributed by atoms with Crippen LogP contribution in [0.15, 0.2) is 30.7 Å². The molecule has 0 radical (unpaired) electrons. The van der Waals surface area contributed by atoms with E-state index >= 15 is 0 Å². The summed E-state index contributed by atoms with van der Waals surface area (Å²) in [5.74, 6) is -1.26. The highest BCUT2D eigenvalue weighted by Gasteiger charge is 2.23. The van der Waals surface area contributed by atoms with Crippen molar-refractivity contribution in [2.75, 3.05) is 65.0 Å². The number of likely N-dealkylation sites (N-methyl/N-ethyl adjacent to an activating group) is 1. The van der Waals surface area contributed by atoms with Gasteiger partial charge in [-0.15, -0.1) is 0 Å². The first-order chi connectivity index (χ1) is 16.8. The Morgan fingerprint density at radius 1 is 1.03 bits per heavy atom. The molecule has 0 aliphatic carbocycles. The van der Waals surface area contributed by atoms with Gasteiger partial charge in [-0.3, -0.25) is 0 Å². The number of carbonyl (C=O) groups is 2. The van der Waals surface area contributed by atoms with Crippen LogP contribution in [-0.2, 0) is 9.59 Å². The van der Waals surface area contributed by atoms with Crippen LogP contribution in [0.5, 0.6) is 17.5 Å². The van der Waals surface area contributed by atoms with Crippen LogP contribution in [0, 0.1) is 0 Å². The van der Waals surface area contributed by atoms with E-state index < -0.39 is 11.9 Å². The largest absolute Gasteiger partial charge is 0.484 e. The zero-order chi connectivity index (χ0) is 25.6. The van der Waals surface area contributed by atoms with Gasteiger partial charge in [-0.25, -0.2) is 24.5 Å². The Morgan fingerprint density at radius 2 is 1.69 bits per heavy atom. The summed E-state index contributed by atoms with van der Waals surface area (Å²) in [4.78, 5) is 35.6. The summed E-state index contributed by atoms with van der Waals surface area (Å²) in [6, 6.07) is 3.99. The van der Waals surface area contributed by atoms with E-state index in [1.807, 2.05) is 26.2 Å². The number of anilines is 1. The van der Waals surface area contributed by atoms with Gasteiger partial charge >= 0.3 is 11.9 Å². The van der Waals surface area contributed by atoms with Gasteiger partial charge in [-0.05, 0) is 33.2 Å². The number of rotatable bonds is 10. The van der Waals surface area contributed by atoms with Gasteiger partial charge in [0.25, 0.3) is 11.8 Å². The third-order valence-corrected chi connectivity index (χ3v) is 4.70. The molecule has 0 aromatic carbocycles. The van der Waals surface area contributed by atoms with Crippen LogP contribution >= 0.6 is 0 Å². The second-order valence-corrected chi connectivity index (χ2v) is 7.70. The summed E-state index contributed by atoms with van der Waals surface area (Å²) in [6.45, 7) is 6.91. The van der Waals surface area contributed by atoms with Gasteiger partial charge in [0, 0.05) is 50.8 Å². The zero-order valence-corrected chi connectivity index (χ0v) is 20.1. The van der Waals surface area contributed by atoms with E-state index in [1.165, 1.54) is 0 Å². The lowest BCUT2D eigenvalue weighted by Crippen LogP contribution is -2.50. The van der Waals surface area contributed by atoms with Gasteiger partial charge in [0.05, 0.1) is 0 Å². The highest BCUT2D eigenvalue weighted by atomic mass is 16.5. The van der Waals surface area contributed by atoms with Crippen molar-refractivity contribution in [3.63, 3.8) is 0 Å².